The number of carboxylic acids is 1. The number of rotatable bonds is 8. The van der Waals surface area contributed by atoms with Gasteiger partial charge in [-0.25, -0.2) is 0 Å². The Morgan fingerprint density at radius 1 is 1.43 bits per heavy atom. The van der Waals surface area contributed by atoms with Crippen LogP contribution >= 0.6 is 0 Å². The van der Waals surface area contributed by atoms with E-state index in [2.05, 4.69) is 0 Å². The van der Waals surface area contributed by atoms with Gasteiger partial charge in [-0.1, -0.05) is 6.07 Å². The molecule has 1 aliphatic rings. The number of aliphatic carboxylic acids is 1. The lowest BCUT2D eigenvalue weighted by Crippen LogP contribution is -2.41. The molecular formula is C16H20F3NO3. The first kappa shape index (κ1) is 17.6. The lowest BCUT2D eigenvalue weighted by molar-refractivity contribution is -0.143. The molecule has 0 aliphatic heterocycles. The highest BCUT2D eigenvalue weighted by molar-refractivity contribution is 5.73. The molecule has 1 unspecified atom stereocenters. The van der Waals surface area contributed by atoms with E-state index in [1.54, 1.807) is 6.92 Å². The fraction of sp³-hybridized carbons (Fsp3) is 0.562. The monoisotopic (exact) mass is 331 g/mol. The number of nitrogens with zero attached hydrogens (tertiary/aromatic N) is 1. The molecule has 1 atom stereocenters. The lowest BCUT2D eigenvalue weighted by atomic mass is 10.2. The minimum atomic E-state index is -4.39. The van der Waals surface area contributed by atoms with Crippen LogP contribution in [-0.4, -0.2) is 41.2 Å². The topological polar surface area (TPSA) is 49.8 Å². The summed E-state index contributed by atoms with van der Waals surface area (Å²) in [4.78, 5) is 13.0. The van der Waals surface area contributed by atoms with Gasteiger partial charge < -0.3 is 9.84 Å². The summed E-state index contributed by atoms with van der Waals surface area (Å²) in [5.74, 6) is -0.695. The van der Waals surface area contributed by atoms with E-state index in [4.69, 9.17) is 9.84 Å². The second-order valence-corrected chi connectivity index (χ2v) is 5.71. The van der Waals surface area contributed by atoms with E-state index in [1.165, 1.54) is 12.1 Å². The predicted molar refractivity (Wildman–Crippen MR) is 78.4 cm³/mol. The maximum atomic E-state index is 12.6. The van der Waals surface area contributed by atoms with Gasteiger partial charge in [0.2, 0.25) is 0 Å². The van der Waals surface area contributed by atoms with Gasteiger partial charge in [0.1, 0.15) is 11.8 Å². The zero-order chi connectivity index (χ0) is 17.0. The van der Waals surface area contributed by atoms with Crippen molar-refractivity contribution in [3.63, 3.8) is 0 Å². The zero-order valence-electron chi connectivity index (χ0n) is 12.8. The van der Waals surface area contributed by atoms with Gasteiger partial charge in [-0.3, -0.25) is 9.69 Å². The Labute approximate surface area is 132 Å². The normalized spacial score (nSPS) is 16.4. The summed E-state index contributed by atoms with van der Waals surface area (Å²) in [5.41, 5.74) is -0.742. The number of carbonyl (C=O) groups is 1. The number of hydrogen-bond acceptors (Lipinski definition) is 3. The van der Waals surface area contributed by atoms with Crippen molar-refractivity contribution in [2.75, 3.05) is 13.2 Å². The smallest absolute Gasteiger partial charge is 0.416 e. The molecule has 0 aromatic heterocycles. The van der Waals surface area contributed by atoms with Crippen LogP contribution in [0.2, 0.25) is 0 Å². The van der Waals surface area contributed by atoms with Gasteiger partial charge in [0.25, 0.3) is 0 Å². The average Bonchev–Trinajstić information content (AvgIpc) is 3.30. The van der Waals surface area contributed by atoms with Crippen LogP contribution in [0.1, 0.15) is 31.7 Å². The maximum absolute atomic E-state index is 12.6. The van der Waals surface area contributed by atoms with Crippen LogP contribution in [0, 0.1) is 0 Å². The molecule has 0 radical (unpaired) electrons. The quantitative estimate of drug-likeness (QED) is 0.742. The second-order valence-electron chi connectivity index (χ2n) is 5.71. The summed E-state index contributed by atoms with van der Waals surface area (Å²) in [6.07, 6.45) is -1.85. The number of halogens is 3. The molecule has 0 heterocycles. The molecule has 1 aromatic rings. The van der Waals surface area contributed by atoms with Crippen LogP contribution in [0.5, 0.6) is 5.75 Å². The van der Waals surface area contributed by atoms with Crippen molar-refractivity contribution in [3.8, 4) is 5.75 Å². The number of benzene rings is 1. The number of alkyl halides is 3. The molecule has 0 bridgehead atoms. The average molecular weight is 331 g/mol. The third kappa shape index (κ3) is 5.13. The number of ether oxygens (including phenoxy) is 1. The first-order valence-corrected chi connectivity index (χ1v) is 7.57. The number of hydrogen-bond donors (Lipinski definition) is 1. The Morgan fingerprint density at radius 3 is 2.70 bits per heavy atom. The van der Waals surface area contributed by atoms with E-state index in [9.17, 15) is 18.0 Å². The maximum Gasteiger partial charge on any atom is 0.416 e. The Kier molecular flexibility index (Phi) is 5.51. The molecule has 1 saturated carbocycles. The molecule has 0 spiro atoms. The molecule has 1 fully saturated rings. The van der Waals surface area contributed by atoms with Gasteiger partial charge in [0, 0.05) is 12.6 Å². The van der Waals surface area contributed by atoms with Crippen LogP contribution in [0.3, 0.4) is 0 Å². The van der Waals surface area contributed by atoms with Crippen molar-refractivity contribution in [1.29, 1.82) is 0 Å². The minimum Gasteiger partial charge on any atom is -0.494 e. The fourth-order valence-corrected chi connectivity index (χ4v) is 2.44. The standard InChI is InChI=1S/C16H20F3NO3/c1-11(15(21)22)20(13-6-7-13)8-3-9-23-14-5-2-4-12(10-14)16(17,18)19/h2,4-5,10-11,13H,3,6-9H2,1H3,(H,21,22). The van der Waals surface area contributed by atoms with Gasteiger partial charge in [0.15, 0.2) is 0 Å². The first-order chi connectivity index (χ1) is 10.8. The summed E-state index contributed by atoms with van der Waals surface area (Å²) in [7, 11) is 0. The van der Waals surface area contributed by atoms with Gasteiger partial charge in [-0.2, -0.15) is 13.2 Å². The number of carboxylic acid groups (broad SMARTS) is 1. The molecule has 2 rings (SSSR count). The molecule has 7 heteroatoms. The van der Waals surface area contributed by atoms with E-state index in [1.807, 2.05) is 4.90 Å². The lowest BCUT2D eigenvalue weighted by Gasteiger charge is -2.26. The van der Waals surface area contributed by atoms with Gasteiger partial charge in [-0.05, 0) is 44.4 Å². The van der Waals surface area contributed by atoms with Gasteiger partial charge >= 0.3 is 12.1 Å². The Morgan fingerprint density at radius 2 is 2.13 bits per heavy atom. The minimum absolute atomic E-state index is 0.170. The van der Waals surface area contributed by atoms with Crippen LogP contribution in [-0.2, 0) is 11.0 Å². The fourth-order valence-electron chi connectivity index (χ4n) is 2.44. The van der Waals surface area contributed by atoms with E-state index in [0.29, 0.717) is 19.0 Å². The molecule has 1 aromatic carbocycles. The van der Waals surface area contributed by atoms with Crippen molar-refractivity contribution >= 4 is 5.97 Å². The molecule has 0 amide bonds. The van der Waals surface area contributed by atoms with E-state index < -0.39 is 23.8 Å². The summed E-state index contributed by atoms with van der Waals surface area (Å²) in [5, 5.41) is 9.09. The molecule has 4 nitrogen and oxygen atoms in total. The highest BCUT2D eigenvalue weighted by atomic mass is 19.4. The van der Waals surface area contributed by atoms with Crippen LogP contribution in [0.15, 0.2) is 24.3 Å². The van der Waals surface area contributed by atoms with Crippen molar-refractivity contribution in [2.45, 2.75) is 44.4 Å². The van der Waals surface area contributed by atoms with E-state index in [-0.39, 0.29) is 12.4 Å². The Hall–Kier alpha value is -1.76. The second kappa shape index (κ2) is 7.21. The molecule has 0 saturated heterocycles. The van der Waals surface area contributed by atoms with Crippen molar-refractivity contribution in [3.05, 3.63) is 29.8 Å². The summed E-state index contributed by atoms with van der Waals surface area (Å²) in [6, 6.07) is 4.50. The van der Waals surface area contributed by atoms with Crippen molar-refractivity contribution in [2.24, 2.45) is 0 Å². The van der Waals surface area contributed by atoms with Crippen molar-refractivity contribution in [1.82, 2.24) is 4.90 Å². The van der Waals surface area contributed by atoms with Gasteiger partial charge in [0.05, 0.1) is 12.2 Å². The van der Waals surface area contributed by atoms with Crippen LogP contribution in [0.25, 0.3) is 0 Å². The predicted octanol–water partition coefficient (Wildman–Crippen LogP) is 3.41. The SMILES string of the molecule is CC(C(=O)O)N(CCCOc1cccc(C(F)(F)F)c1)C1CC1. The van der Waals surface area contributed by atoms with E-state index >= 15 is 0 Å². The summed E-state index contributed by atoms with van der Waals surface area (Å²) >= 11 is 0. The molecule has 1 aliphatic carbocycles. The molecule has 128 valence electrons. The zero-order valence-corrected chi connectivity index (χ0v) is 12.8. The van der Waals surface area contributed by atoms with Crippen molar-refractivity contribution < 1.29 is 27.8 Å². The Balaban J connectivity index is 1.82. The largest absolute Gasteiger partial charge is 0.494 e. The summed E-state index contributed by atoms with van der Waals surface area (Å²) in [6.45, 7) is 2.45. The Bertz CT molecular complexity index is 544. The summed E-state index contributed by atoms with van der Waals surface area (Å²) < 4.78 is 43.2. The van der Waals surface area contributed by atoms with Gasteiger partial charge in [-0.15, -0.1) is 0 Å². The molecule has 1 N–H and O–H groups in total. The van der Waals surface area contributed by atoms with E-state index in [0.717, 1.165) is 25.0 Å². The third-order valence-corrected chi connectivity index (χ3v) is 3.86. The van der Waals surface area contributed by atoms with Crippen LogP contribution in [0.4, 0.5) is 13.2 Å². The first-order valence-electron chi connectivity index (χ1n) is 7.57. The highest BCUT2D eigenvalue weighted by Crippen LogP contribution is 2.31. The highest BCUT2D eigenvalue weighted by Gasteiger charge is 2.34. The molecular weight excluding hydrogens is 311 g/mol. The third-order valence-electron chi connectivity index (χ3n) is 3.86. The van der Waals surface area contributed by atoms with Crippen LogP contribution < -0.4 is 4.74 Å². The molecule has 23 heavy (non-hydrogen) atoms.